The SMILES string of the molecule is COc1ncc(NS(=O)(=O)CCN2C(=O)CCCC2=O)cn1. The molecule has 1 aromatic heterocycles. The maximum atomic E-state index is 12.0. The molecule has 1 aliphatic heterocycles. The van der Waals surface area contributed by atoms with Crippen molar-refractivity contribution >= 4 is 27.5 Å². The molecule has 9 nitrogen and oxygen atoms in total. The number of imide groups is 1. The third kappa shape index (κ3) is 4.13. The van der Waals surface area contributed by atoms with Crippen molar-refractivity contribution in [2.75, 3.05) is 24.1 Å². The topological polar surface area (TPSA) is 119 Å². The van der Waals surface area contributed by atoms with Gasteiger partial charge in [0, 0.05) is 19.4 Å². The van der Waals surface area contributed by atoms with Gasteiger partial charge in [-0.05, 0) is 6.42 Å². The van der Waals surface area contributed by atoms with Gasteiger partial charge in [0.25, 0.3) is 0 Å². The van der Waals surface area contributed by atoms with E-state index in [4.69, 9.17) is 4.74 Å². The molecule has 2 amide bonds. The van der Waals surface area contributed by atoms with E-state index in [0.29, 0.717) is 6.42 Å². The molecule has 0 spiro atoms. The Balaban J connectivity index is 1.95. The molecule has 0 bridgehead atoms. The zero-order chi connectivity index (χ0) is 16.2. The number of likely N-dealkylation sites (tertiary alicyclic amines) is 1. The molecule has 0 atom stereocenters. The Labute approximate surface area is 127 Å². The summed E-state index contributed by atoms with van der Waals surface area (Å²) in [5.41, 5.74) is 0.178. The van der Waals surface area contributed by atoms with Crippen molar-refractivity contribution in [3.05, 3.63) is 12.4 Å². The lowest BCUT2D eigenvalue weighted by molar-refractivity contribution is -0.147. The van der Waals surface area contributed by atoms with Gasteiger partial charge in [-0.15, -0.1) is 0 Å². The summed E-state index contributed by atoms with van der Waals surface area (Å²) in [6, 6.07) is 0.118. The summed E-state index contributed by atoms with van der Waals surface area (Å²) in [6.07, 6.45) is 3.58. The molecule has 0 aliphatic carbocycles. The van der Waals surface area contributed by atoms with Crippen LogP contribution in [0.3, 0.4) is 0 Å². The summed E-state index contributed by atoms with van der Waals surface area (Å²) < 4.78 is 31.0. The largest absolute Gasteiger partial charge is 0.467 e. The molecule has 0 saturated carbocycles. The number of sulfonamides is 1. The second kappa shape index (κ2) is 6.69. The lowest BCUT2D eigenvalue weighted by atomic mass is 10.1. The third-order valence-corrected chi connectivity index (χ3v) is 4.32. The highest BCUT2D eigenvalue weighted by molar-refractivity contribution is 7.92. The maximum Gasteiger partial charge on any atom is 0.316 e. The zero-order valence-electron chi connectivity index (χ0n) is 12.0. The molecule has 1 aliphatic rings. The Morgan fingerprint density at radius 1 is 1.23 bits per heavy atom. The zero-order valence-corrected chi connectivity index (χ0v) is 12.8. The number of ether oxygens (including phenoxy) is 1. The van der Waals surface area contributed by atoms with Crippen molar-refractivity contribution in [2.45, 2.75) is 19.3 Å². The molecule has 10 heteroatoms. The predicted molar refractivity (Wildman–Crippen MR) is 76.6 cm³/mol. The molecule has 0 radical (unpaired) electrons. The molecular weight excluding hydrogens is 312 g/mol. The van der Waals surface area contributed by atoms with E-state index < -0.39 is 10.0 Å². The number of piperidine rings is 1. The highest BCUT2D eigenvalue weighted by atomic mass is 32.2. The summed E-state index contributed by atoms with van der Waals surface area (Å²) in [6.45, 7) is -0.163. The first-order valence-corrected chi connectivity index (χ1v) is 8.26. The average Bonchev–Trinajstić information content (AvgIpc) is 2.47. The molecule has 0 unspecified atom stereocenters. The minimum Gasteiger partial charge on any atom is -0.467 e. The van der Waals surface area contributed by atoms with Crippen molar-refractivity contribution in [3.63, 3.8) is 0 Å². The van der Waals surface area contributed by atoms with Crippen molar-refractivity contribution in [1.82, 2.24) is 14.9 Å². The van der Waals surface area contributed by atoms with Gasteiger partial charge in [0.15, 0.2) is 0 Å². The molecule has 1 aromatic rings. The number of anilines is 1. The standard InChI is InChI=1S/C12H16N4O5S/c1-21-12-13-7-9(8-14-12)15-22(19,20)6-5-16-10(17)3-2-4-11(16)18/h7-8,15H,2-6H2,1H3. The van der Waals surface area contributed by atoms with Gasteiger partial charge in [0.05, 0.1) is 30.9 Å². The van der Waals surface area contributed by atoms with Crippen LogP contribution >= 0.6 is 0 Å². The van der Waals surface area contributed by atoms with Crippen LogP contribution in [0.4, 0.5) is 5.69 Å². The van der Waals surface area contributed by atoms with Crippen LogP contribution in [0.25, 0.3) is 0 Å². The Kier molecular flexibility index (Phi) is 4.91. The van der Waals surface area contributed by atoms with Crippen LogP contribution in [0.2, 0.25) is 0 Å². The van der Waals surface area contributed by atoms with Crippen LogP contribution in [0.5, 0.6) is 6.01 Å². The smallest absolute Gasteiger partial charge is 0.316 e. The average molecular weight is 328 g/mol. The lowest BCUT2D eigenvalue weighted by Crippen LogP contribution is -2.43. The summed E-state index contributed by atoms with van der Waals surface area (Å²) >= 11 is 0. The van der Waals surface area contributed by atoms with Crippen LogP contribution < -0.4 is 9.46 Å². The van der Waals surface area contributed by atoms with Gasteiger partial charge in [0.2, 0.25) is 21.8 Å². The summed E-state index contributed by atoms with van der Waals surface area (Å²) in [5.74, 6) is -1.05. The fraction of sp³-hybridized carbons (Fsp3) is 0.500. The van der Waals surface area contributed by atoms with Crippen molar-refractivity contribution in [1.29, 1.82) is 0 Å². The van der Waals surface area contributed by atoms with Gasteiger partial charge in [-0.3, -0.25) is 19.2 Å². The van der Waals surface area contributed by atoms with Gasteiger partial charge in [-0.1, -0.05) is 0 Å². The highest BCUT2D eigenvalue weighted by Gasteiger charge is 2.27. The van der Waals surface area contributed by atoms with E-state index in [9.17, 15) is 18.0 Å². The summed E-state index contributed by atoms with van der Waals surface area (Å²) in [7, 11) is -2.32. The fourth-order valence-electron chi connectivity index (χ4n) is 1.97. The molecule has 1 fully saturated rings. The van der Waals surface area contributed by atoms with E-state index >= 15 is 0 Å². The number of methoxy groups -OCH3 is 1. The second-order valence-corrected chi connectivity index (χ2v) is 6.51. The molecule has 0 aromatic carbocycles. The molecule has 2 heterocycles. The Morgan fingerprint density at radius 3 is 2.36 bits per heavy atom. The van der Waals surface area contributed by atoms with E-state index in [1.165, 1.54) is 19.5 Å². The van der Waals surface area contributed by atoms with Gasteiger partial charge in [-0.25, -0.2) is 18.4 Å². The first kappa shape index (κ1) is 16.1. The number of hydrogen-bond donors (Lipinski definition) is 1. The first-order valence-electron chi connectivity index (χ1n) is 6.61. The second-order valence-electron chi connectivity index (χ2n) is 4.67. The molecule has 1 N–H and O–H groups in total. The van der Waals surface area contributed by atoms with Gasteiger partial charge >= 0.3 is 6.01 Å². The van der Waals surface area contributed by atoms with Crippen LogP contribution in [0, 0.1) is 0 Å². The van der Waals surface area contributed by atoms with E-state index in [2.05, 4.69) is 14.7 Å². The van der Waals surface area contributed by atoms with Crippen LogP contribution in [-0.4, -0.2) is 54.5 Å². The molecule has 1 saturated heterocycles. The van der Waals surface area contributed by atoms with Crippen LogP contribution in [0.15, 0.2) is 12.4 Å². The Hall–Kier alpha value is -2.23. The van der Waals surface area contributed by atoms with Gasteiger partial charge in [0.1, 0.15) is 0 Å². The Bertz CT molecular complexity index is 643. The molecule has 22 heavy (non-hydrogen) atoms. The number of carbonyl (C=O) groups excluding carboxylic acids is 2. The van der Waals surface area contributed by atoms with E-state index in [-0.39, 0.29) is 48.7 Å². The van der Waals surface area contributed by atoms with Crippen LogP contribution in [-0.2, 0) is 19.6 Å². The normalized spacial score (nSPS) is 15.8. The minimum absolute atomic E-state index is 0.118. The molecular formula is C12H16N4O5S. The van der Waals surface area contributed by atoms with Gasteiger partial charge in [-0.2, -0.15) is 0 Å². The van der Waals surface area contributed by atoms with Crippen molar-refractivity contribution in [2.24, 2.45) is 0 Å². The number of nitrogens with one attached hydrogen (secondary N) is 1. The van der Waals surface area contributed by atoms with E-state index in [1.807, 2.05) is 0 Å². The van der Waals surface area contributed by atoms with E-state index in [1.54, 1.807) is 0 Å². The van der Waals surface area contributed by atoms with Gasteiger partial charge < -0.3 is 4.74 Å². The summed E-state index contributed by atoms with van der Waals surface area (Å²) in [4.78, 5) is 31.8. The molecule has 2 rings (SSSR count). The number of hydrogen-bond acceptors (Lipinski definition) is 7. The van der Waals surface area contributed by atoms with E-state index in [0.717, 1.165) is 4.90 Å². The molecule has 120 valence electrons. The van der Waals surface area contributed by atoms with Crippen molar-refractivity contribution < 1.29 is 22.7 Å². The third-order valence-electron chi connectivity index (χ3n) is 3.05. The van der Waals surface area contributed by atoms with Crippen LogP contribution in [0.1, 0.15) is 19.3 Å². The number of rotatable bonds is 6. The minimum atomic E-state index is -3.72. The number of carbonyl (C=O) groups is 2. The number of nitrogens with zero attached hydrogens (tertiary/aromatic N) is 3. The maximum absolute atomic E-state index is 12.0. The summed E-state index contributed by atoms with van der Waals surface area (Å²) in [5, 5.41) is 0. The highest BCUT2D eigenvalue weighted by Crippen LogP contribution is 2.13. The number of aromatic nitrogens is 2. The van der Waals surface area contributed by atoms with Crippen molar-refractivity contribution in [3.8, 4) is 6.01 Å². The fourth-order valence-corrected chi connectivity index (χ4v) is 2.96. The first-order chi connectivity index (χ1) is 10.4. The number of amides is 2. The predicted octanol–water partition coefficient (Wildman–Crippen LogP) is -0.234. The lowest BCUT2D eigenvalue weighted by Gasteiger charge is -2.24. The Morgan fingerprint density at radius 2 is 1.82 bits per heavy atom. The monoisotopic (exact) mass is 328 g/mol. The quantitative estimate of drug-likeness (QED) is 0.716.